The smallest absolute Gasteiger partial charge is 0.259 e. The van der Waals surface area contributed by atoms with Gasteiger partial charge in [-0.05, 0) is 5.75 Å². The minimum Gasteiger partial charge on any atom is -0.259 e. The summed E-state index contributed by atoms with van der Waals surface area (Å²) in [6.45, 7) is 2.06. The van der Waals surface area contributed by atoms with Crippen LogP contribution in [0.3, 0.4) is 0 Å². The third kappa shape index (κ3) is 2.02. The zero-order valence-corrected chi connectivity index (χ0v) is 6.72. The Balaban J connectivity index is 2.42. The van der Waals surface area contributed by atoms with E-state index in [0.29, 0.717) is 0 Å². The first-order valence-electron chi connectivity index (χ1n) is 2.70. The molecule has 1 heterocycles. The Morgan fingerprint density at radius 1 is 1.89 bits per heavy atom. The molecule has 0 spiro atoms. The van der Waals surface area contributed by atoms with Crippen molar-refractivity contribution in [1.29, 1.82) is 0 Å². The molecule has 1 aliphatic rings. The Labute approximate surface area is 62.5 Å². The van der Waals surface area contributed by atoms with Gasteiger partial charge in [0.1, 0.15) is 0 Å². The second-order valence-corrected chi connectivity index (χ2v) is 3.76. The number of thioether (sulfide) groups is 2. The van der Waals surface area contributed by atoms with Gasteiger partial charge in [-0.25, -0.2) is 4.99 Å². The summed E-state index contributed by atoms with van der Waals surface area (Å²) in [5.41, 5.74) is 0. The first-order chi connectivity index (χ1) is 4.33. The molecule has 2 nitrogen and oxygen atoms in total. The van der Waals surface area contributed by atoms with E-state index in [-0.39, 0.29) is 5.24 Å². The van der Waals surface area contributed by atoms with Crippen LogP contribution in [0.15, 0.2) is 4.99 Å². The van der Waals surface area contributed by atoms with E-state index < -0.39 is 0 Å². The van der Waals surface area contributed by atoms with Gasteiger partial charge in [0.25, 0.3) is 0 Å². The summed E-state index contributed by atoms with van der Waals surface area (Å²) >= 11 is 2.93. The molecular weight excluding hydrogens is 154 g/mol. The standard InChI is InChI=1S/C5H7NOS2/c1-2-8-4-3-9-5(7)6-4/h2-3H2,1H3. The van der Waals surface area contributed by atoms with E-state index in [9.17, 15) is 4.79 Å². The summed E-state index contributed by atoms with van der Waals surface area (Å²) in [6, 6.07) is 0. The third-order valence-electron chi connectivity index (χ3n) is 0.846. The molecule has 50 valence electrons. The van der Waals surface area contributed by atoms with Gasteiger partial charge in [0.2, 0.25) is 0 Å². The molecule has 0 saturated heterocycles. The summed E-state index contributed by atoms with van der Waals surface area (Å²) in [6.07, 6.45) is 0. The molecule has 0 aliphatic carbocycles. The van der Waals surface area contributed by atoms with Crippen LogP contribution in [0.4, 0.5) is 4.79 Å². The summed E-state index contributed by atoms with van der Waals surface area (Å²) in [7, 11) is 0. The van der Waals surface area contributed by atoms with Crippen molar-refractivity contribution in [3.63, 3.8) is 0 Å². The van der Waals surface area contributed by atoms with Crippen molar-refractivity contribution in [3.8, 4) is 0 Å². The molecule has 0 atom stereocenters. The van der Waals surface area contributed by atoms with Gasteiger partial charge in [0.05, 0.1) is 10.8 Å². The molecule has 9 heavy (non-hydrogen) atoms. The van der Waals surface area contributed by atoms with Crippen LogP contribution in [0.25, 0.3) is 0 Å². The molecule has 4 heteroatoms. The lowest BCUT2D eigenvalue weighted by atomic mass is 10.9. The summed E-state index contributed by atoms with van der Waals surface area (Å²) < 4.78 is 0. The molecule has 0 aromatic carbocycles. The molecule has 0 aromatic heterocycles. The fraction of sp³-hybridized carbons (Fsp3) is 0.600. The van der Waals surface area contributed by atoms with E-state index in [4.69, 9.17) is 0 Å². The quantitative estimate of drug-likeness (QED) is 0.589. The third-order valence-corrected chi connectivity index (χ3v) is 2.64. The van der Waals surface area contributed by atoms with E-state index in [1.165, 1.54) is 11.8 Å². The zero-order chi connectivity index (χ0) is 6.69. The van der Waals surface area contributed by atoms with E-state index in [2.05, 4.69) is 11.9 Å². The van der Waals surface area contributed by atoms with Crippen LogP contribution in [-0.2, 0) is 0 Å². The Morgan fingerprint density at radius 2 is 2.67 bits per heavy atom. The molecule has 0 aromatic rings. The average Bonchev–Trinajstić information content (AvgIpc) is 2.17. The van der Waals surface area contributed by atoms with Crippen LogP contribution in [0.5, 0.6) is 0 Å². The summed E-state index contributed by atoms with van der Waals surface area (Å²) in [5.74, 6) is 1.80. The first kappa shape index (κ1) is 7.15. The van der Waals surface area contributed by atoms with Gasteiger partial charge < -0.3 is 0 Å². The fourth-order valence-corrected chi connectivity index (χ4v) is 2.07. The minimum absolute atomic E-state index is 0.0362. The van der Waals surface area contributed by atoms with Crippen molar-refractivity contribution in [2.45, 2.75) is 6.92 Å². The second-order valence-electron chi connectivity index (χ2n) is 1.49. The van der Waals surface area contributed by atoms with Crippen molar-refractivity contribution in [3.05, 3.63) is 0 Å². The Hall–Kier alpha value is 0.0400. The lowest BCUT2D eigenvalue weighted by molar-refractivity contribution is 0.268. The molecule has 0 unspecified atom stereocenters. The van der Waals surface area contributed by atoms with Crippen LogP contribution in [-0.4, -0.2) is 21.8 Å². The van der Waals surface area contributed by atoms with Gasteiger partial charge >= 0.3 is 5.24 Å². The highest BCUT2D eigenvalue weighted by molar-refractivity contribution is 8.21. The molecule has 0 fully saturated rings. The molecule has 0 radical (unpaired) electrons. The summed E-state index contributed by atoms with van der Waals surface area (Å²) in [5, 5.41) is 0.943. The highest BCUT2D eigenvalue weighted by Gasteiger charge is 2.13. The molecule has 1 amide bonds. The largest absolute Gasteiger partial charge is 0.306 e. The van der Waals surface area contributed by atoms with Crippen molar-refractivity contribution in [2.75, 3.05) is 11.5 Å². The van der Waals surface area contributed by atoms with Gasteiger partial charge in [-0.1, -0.05) is 18.7 Å². The molecule has 0 bridgehead atoms. The van der Waals surface area contributed by atoms with Crippen LogP contribution < -0.4 is 0 Å². The Bertz CT molecular complexity index is 155. The number of carbonyl (C=O) groups is 1. The molecule has 0 N–H and O–H groups in total. The summed E-state index contributed by atoms with van der Waals surface area (Å²) in [4.78, 5) is 14.3. The van der Waals surface area contributed by atoms with Gasteiger partial charge in [-0.15, -0.1) is 11.8 Å². The van der Waals surface area contributed by atoms with Crippen LogP contribution >= 0.6 is 23.5 Å². The number of amides is 1. The van der Waals surface area contributed by atoms with Gasteiger partial charge in [-0.2, -0.15) is 0 Å². The monoisotopic (exact) mass is 161 g/mol. The average molecular weight is 161 g/mol. The topological polar surface area (TPSA) is 29.4 Å². The number of aliphatic imine (C=N–C) groups is 1. The lowest BCUT2D eigenvalue weighted by Crippen LogP contribution is -1.89. The van der Waals surface area contributed by atoms with Gasteiger partial charge in [-0.3, -0.25) is 4.79 Å². The van der Waals surface area contributed by atoms with Crippen LogP contribution in [0.1, 0.15) is 6.92 Å². The number of nitrogens with zero attached hydrogens (tertiary/aromatic N) is 1. The fourth-order valence-electron chi connectivity index (χ4n) is 0.530. The SMILES string of the molecule is CCSC1=NC(=O)SC1. The Morgan fingerprint density at radius 3 is 3.11 bits per heavy atom. The second kappa shape index (κ2) is 3.27. The first-order valence-corrected chi connectivity index (χ1v) is 4.67. The molecule has 0 saturated carbocycles. The van der Waals surface area contributed by atoms with Crippen molar-refractivity contribution >= 4 is 33.8 Å². The highest BCUT2D eigenvalue weighted by Crippen LogP contribution is 2.20. The van der Waals surface area contributed by atoms with Crippen molar-refractivity contribution in [2.24, 2.45) is 4.99 Å². The number of hydrogen-bond donors (Lipinski definition) is 0. The highest BCUT2D eigenvalue weighted by atomic mass is 32.2. The molecule has 1 aliphatic heterocycles. The molecular formula is C5H7NOS2. The molecule has 1 rings (SSSR count). The number of hydrogen-bond acceptors (Lipinski definition) is 3. The minimum atomic E-state index is -0.0362. The van der Waals surface area contributed by atoms with Gasteiger partial charge in [0, 0.05) is 0 Å². The van der Waals surface area contributed by atoms with E-state index in [1.54, 1.807) is 11.8 Å². The number of rotatable bonds is 1. The maximum atomic E-state index is 10.5. The Kier molecular flexibility index (Phi) is 2.60. The maximum Gasteiger partial charge on any atom is 0.306 e. The van der Waals surface area contributed by atoms with E-state index in [0.717, 1.165) is 16.5 Å². The van der Waals surface area contributed by atoms with E-state index >= 15 is 0 Å². The predicted octanol–water partition coefficient (Wildman–Crippen LogP) is 2.00. The van der Waals surface area contributed by atoms with Crippen LogP contribution in [0.2, 0.25) is 0 Å². The van der Waals surface area contributed by atoms with E-state index in [1.807, 2.05) is 0 Å². The number of carbonyl (C=O) groups excluding carboxylic acids is 1. The van der Waals surface area contributed by atoms with Gasteiger partial charge in [0.15, 0.2) is 0 Å². The maximum absolute atomic E-state index is 10.5. The van der Waals surface area contributed by atoms with Crippen molar-refractivity contribution < 1.29 is 4.79 Å². The predicted molar refractivity (Wildman–Crippen MR) is 43.4 cm³/mol. The lowest BCUT2D eigenvalue weighted by Gasteiger charge is -1.89. The zero-order valence-electron chi connectivity index (χ0n) is 5.09. The van der Waals surface area contributed by atoms with Crippen molar-refractivity contribution in [1.82, 2.24) is 0 Å². The normalized spacial score (nSPS) is 18.3. The van der Waals surface area contributed by atoms with Crippen LogP contribution in [0, 0.1) is 0 Å².